The Balaban J connectivity index is 1.46. The lowest BCUT2D eigenvalue weighted by Gasteiger charge is -2.19. The van der Waals surface area contributed by atoms with Crippen LogP contribution in [0.2, 0.25) is 0 Å². The lowest BCUT2D eigenvalue weighted by atomic mass is 9.99. The van der Waals surface area contributed by atoms with Gasteiger partial charge in [0, 0.05) is 6.54 Å². The van der Waals surface area contributed by atoms with Gasteiger partial charge in [0.2, 0.25) is 11.7 Å². The number of nitrogens with zero attached hydrogens (tertiary/aromatic N) is 2. The largest absolute Gasteiger partial charge is 0.573 e. The van der Waals surface area contributed by atoms with Gasteiger partial charge in [0.25, 0.3) is 5.91 Å². The van der Waals surface area contributed by atoms with Crippen molar-refractivity contribution in [1.29, 1.82) is 0 Å². The van der Waals surface area contributed by atoms with E-state index in [4.69, 9.17) is 4.42 Å². The Bertz CT molecular complexity index is 1090. The van der Waals surface area contributed by atoms with E-state index in [1.807, 2.05) is 30.3 Å². The number of ether oxygens (including phenoxy) is 1. The molecule has 1 aliphatic rings. The maximum atomic E-state index is 12.6. The van der Waals surface area contributed by atoms with Crippen molar-refractivity contribution >= 4 is 29.4 Å². The molecule has 31 heavy (non-hydrogen) atoms. The Kier molecular flexibility index (Phi) is 5.85. The summed E-state index contributed by atoms with van der Waals surface area (Å²) in [5.74, 6) is -0.643. The summed E-state index contributed by atoms with van der Waals surface area (Å²) in [7, 11) is 0. The molecule has 3 aromatic rings. The van der Waals surface area contributed by atoms with Crippen molar-refractivity contribution in [3.05, 3.63) is 72.4 Å². The van der Waals surface area contributed by atoms with Gasteiger partial charge in [-0.25, -0.2) is 9.98 Å². The Hall–Kier alpha value is -3.47. The molecule has 0 fully saturated rings. The van der Waals surface area contributed by atoms with Crippen molar-refractivity contribution in [2.45, 2.75) is 17.2 Å². The van der Waals surface area contributed by atoms with Crippen LogP contribution in [0.3, 0.4) is 0 Å². The van der Waals surface area contributed by atoms with Gasteiger partial charge in [-0.2, -0.15) is 0 Å². The maximum Gasteiger partial charge on any atom is 0.573 e. The third kappa shape index (κ3) is 5.18. The number of rotatable bonds is 6. The summed E-state index contributed by atoms with van der Waals surface area (Å²) in [6.07, 6.45) is -1.79. The predicted octanol–water partition coefficient (Wildman–Crippen LogP) is 4.16. The minimum absolute atomic E-state index is 0.0289. The predicted molar refractivity (Wildman–Crippen MR) is 107 cm³/mol. The van der Waals surface area contributed by atoms with Crippen LogP contribution in [-0.2, 0) is 4.79 Å². The van der Waals surface area contributed by atoms with Crippen LogP contribution in [0.5, 0.6) is 5.75 Å². The van der Waals surface area contributed by atoms with Crippen LogP contribution in [0, 0.1) is 0 Å². The number of carbonyl (C=O) groups is 1. The maximum absolute atomic E-state index is 12.6. The van der Waals surface area contributed by atoms with Gasteiger partial charge in [-0.15, -0.1) is 13.2 Å². The van der Waals surface area contributed by atoms with Crippen LogP contribution in [0.25, 0.3) is 0 Å². The third-order valence-corrected chi connectivity index (χ3v) is 5.13. The van der Waals surface area contributed by atoms with E-state index < -0.39 is 12.3 Å². The minimum Gasteiger partial charge on any atom is -0.448 e. The summed E-state index contributed by atoms with van der Waals surface area (Å²) in [6, 6.07) is 13.2. The molecule has 1 aliphatic heterocycles. The average molecular weight is 448 g/mol. The topological polar surface area (TPSA) is 88.8 Å². The van der Waals surface area contributed by atoms with Gasteiger partial charge >= 0.3 is 6.36 Å². The molecule has 1 atom stereocenters. The van der Waals surface area contributed by atoms with Crippen molar-refractivity contribution in [3.8, 4) is 5.75 Å². The van der Waals surface area contributed by atoms with E-state index >= 15 is 0 Å². The number of oxazole rings is 1. The number of benzene rings is 2. The zero-order valence-corrected chi connectivity index (χ0v) is 16.5. The van der Waals surface area contributed by atoms with Crippen LogP contribution in [0.1, 0.15) is 17.4 Å². The number of halogens is 3. The molecule has 160 valence electrons. The van der Waals surface area contributed by atoms with Crippen molar-refractivity contribution in [3.63, 3.8) is 0 Å². The van der Waals surface area contributed by atoms with Crippen molar-refractivity contribution in [2.24, 2.45) is 4.99 Å². The molecular formula is C20H15F3N4O3S. The first-order chi connectivity index (χ1) is 14.9. The van der Waals surface area contributed by atoms with Crippen LogP contribution < -0.4 is 14.8 Å². The fourth-order valence-electron chi connectivity index (χ4n) is 2.93. The number of nitrogens with one attached hydrogen (secondary N) is 2. The lowest BCUT2D eigenvalue weighted by Crippen LogP contribution is -2.40. The van der Waals surface area contributed by atoms with E-state index in [1.165, 1.54) is 24.6 Å². The Morgan fingerprint density at radius 3 is 2.74 bits per heavy atom. The molecule has 1 unspecified atom stereocenters. The number of aromatic nitrogens is 1. The normalized spacial score (nSPS) is 14.1. The molecule has 1 amide bonds. The summed E-state index contributed by atoms with van der Waals surface area (Å²) < 4.78 is 49.2. The first-order valence-corrected chi connectivity index (χ1v) is 9.84. The zero-order valence-electron chi connectivity index (χ0n) is 15.7. The minimum atomic E-state index is -4.78. The summed E-state index contributed by atoms with van der Waals surface area (Å²) in [4.78, 5) is 21.4. The van der Waals surface area contributed by atoms with E-state index in [9.17, 15) is 18.0 Å². The van der Waals surface area contributed by atoms with E-state index in [0.29, 0.717) is 16.5 Å². The fraction of sp³-hybridized carbons (Fsp3) is 0.150. The van der Waals surface area contributed by atoms with Crippen molar-refractivity contribution in [1.82, 2.24) is 15.0 Å². The number of carbonyl (C=O) groups excluding carboxylic acids is 1. The van der Waals surface area contributed by atoms with Gasteiger partial charge in [-0.1, -0.05) is 30.3 Å². The molecule has 0 aliphatic carbocycles. The summed E-state index contributed by atoms with van der Waals surface area (Å²) in [5, 5.41) is 2.79. The molecule has 0 bridgehead atoms. The highest BCUT2D eigenvalue weighted by Gasteiger charge is 2.31. The number of alkyl halides is 3. The molecule has 7 nitrogen and oxygen atoms in total. The van der Waals surface area contributed by atoms with Gasteiger partial charge in [-0.05, 0) is 35.7 Å². The molecule has 0 saturated heterocycles. The quantitative estimate of drug-likeness (QED) is 0.551. The summed E-state index contributed by atoms with van der Waals surface area (Å²) in [6.45, 7) is 0.208. The number of hydrogen-bond acceptors (Lipinski definition) is 7. The second kappa shape index (κ2) is 8.72. The molecule has 2 heterocycles. The standard InChI is InChI=1S/C20H15F3N4O3S/c21-20(22,23)30-13-6-7-15-16(10-13)31-27-17(26-15)18(28)25-11-14(19-24-8-9-29-19)12-4-2-1-3-5-12/h1-10,14H,11H2,(H,25,28)(H,26,27). The highest BCUT2D eigenvalue weighted by Crippen LogP contribution is 2.36. The Labute approximate surface area is 178 Å². The molecule has 1 aromatic heterocycles. The average Bonchev–Trinajstić information content (AvgIpc) is 3.27. The molecule has 0 spiro atoms. The Morgan fingerprint density at radius 1 is 1.23 bits per heavy atom. The number of amides is 1. The monoisotopic (exact) mass is 448 g/mol. The van der Waals surface area contributed by atoms with Crippen LogP contribution in [0.4, 0.5) is 18.9 Å². The molecule has 0 saturated carbocycles. The van der Waals surface area contributed by atoms with Crippen molar-refractivity contribution < 1.29 is 27.1 Å². The molecule has 2 aromatic carbocycles. The zero-order chi connectivity index (χ0) is 21.8. The van der Waals surface area contributed by atoms with Gasteiger partial charge in [0.05, 0.1) is 22.7 Å². The number of aliphatic imine (C=N–C) groups is 1. The first-order valence-electron chi connectivity index (χ1n) is 9.03. The van der Waals surface area contributed by atoms with Gasteiger partial charge < -0.3 is 19.2 Å². The van der Waals surface area contributed by atoms with E-state index in [-0.39, 0.29) is 24.0 Å². The smallest absolute Gasteiger partial charge is 0.448 e. The van der Waals surface area contributed by atoms with E-state index in [0.717, 1.165) is 23.6 Å². The van der Waals surface area contributed by atoms with Crippen LogP contribution >= 0.6 is 11.9 Å². The highest BCUT2D eigenvalue weighted by molar-refractivity contribution is 7.98. The van der Waals surface area contributed by atoms with Crippen LogP contribution in [-0.4, -0.2) is 29.6 Å². The SMILES string of the molecule is O=C(NCC(c1ccccc1)c1ncco1)C1=Nc2ccc(OC(F)(F)F)cc2SN1. The van der Waals surface area contributed by atoms with Gasteiger partial charge in [-0.3, -0.25) is 4.79 Å². The summed E-state index contributed by atoms with van der Waals surface area (Å²) in [5.41, 5.74) is 1.27. The lowest BCUT2D eigenvalue weighted by molar-refractivity contribution is -0.274. The van der Waals surface area contributed by atoms with E-state index in [1.54, 1.807) is 0 Å². The summed E-state index contributed by atoms with van der Waals surface area (Å²) >= 11 is 0.974. The highest BCUT2D eigenvalue weighted by atomic mass is 32.2. The first kappa shape index (κ1) is 20.8. The Morgan fingerprint density at radius 2 is 2.03 bits per heavy atom. The number of fused-ring (bicyclic) bond motifs is 1. The molecule has 2 N–H and O–H groups in total. The number of amidine groups is 1. The fourth-order valence-corrected chi connectivity index (χ4v) is 3.67. The molecule has 4 rings (SSSR count). The van der Waals surface area contributed by atoms with Gasteiger partial charge in [0.15, 0.2) is 0 Å². The third-order valence-electron chi connectivity index (χ3n) is 4.29. The van der Waals surface area contributed by atoms with E-state index in [2.05, 4.69) is 24.8 Å². The second-order valence-electron chi connectivity index (χ2n) is 6.39. The molecular weight excluding hydrogens is 433 g/mol. The number of hydrogen-bond donors (Lipinski definition) is 2. The van der Waals surface area contributed by atoms with Gasteiger partial charge in [0.1, 0.15) is 12.0 Å². The second-order valence-corrected chi connectivity index (χ2v) is 7.23. The molecule has 0 radical (unpaired) electrons. The van der Waals surface area contributed by atoms with Crippen molar-refractivity contribution in [2.75, 3.05) is 6.54 Å². The molecule has 11 heteroatoms. The van der Waals surface area contributed by atoms with Crippen LogP contribution in [0.15, 0.2) is 75.3 Å².